The number of amides is 2. The normalized spacial score (nSPS) is 13.7. The van der Waals surface area contributed by atoms with Gasteiger partial charge in [-0.15, -0.1) is 0 Å². The first-order valence-electron chi connectivity index (χ1n) is 10.1. The Bertz CT molecular complexity index is 1370. The van der Waals surface area contributed by atoms with Gasteiger partial charge in [0.15, 0.2) is 0 Å². The van der Waals surface area contributed by atoms with Crippen molar-refractivity contribution in [2.75, 3.05) is 25.5 Å². The van der Waals surface area contributed by atoms with Gasteiger partial charge in [0.2, 0.25) is 11.7 Å². The van der Waals surface area contributed by atoms with Gasteiger partial charge in [0, 0.05) is 30.5 Å². The van der Waals surface area contributed by atoms with E-state index in [0.29, 0.717) is 41.7 Å². The van der Waals surface area contributed by atoms with Crippen LogP contribution in [-0.4, -0.2) is 56.6 Å². The van der Waals surface area contributed by atoms with Gasteiger partial charge in [0.25, 0.3) is 5.91 Å². The van der Waals surface area contributed by atoms with Gasteiger partial charge in [-0.05, 0) is 30.7 Å². The summed E-state index contributed by atoms with van der Waals surface area (Å²) >= 11 is 0. The summed E-state index contributed by atoms with van der Waals surface area (Å²) in [4.78, 5) is 34.5. The molecule has 0 spiro atoms. The minimum atomic E-state index is -0.471. The van der Waals surface area contributed by atoms with Gasteiger partial charge < -0.3 is 19.5 Å². The van der Waals surface area contributed by atoms with E-state index in [1.165, 1.54) is 36.0 Å². The summed E-state index contributed by atoms with van der Waals surface area (Å²) in [5.74, 6) is -0.148. The number of benzene rings is 1. The molecule has 1 fully saturated rings. The van der Waals surface area contributed by atoms with Gasteiger partial charge in [-0.3, -0.25) is 9.20 Å². The molecule has 1 aliphatic rings. The van der Waals surface area contributed by atoms with Crippen LogP contribution in [0.25, 0.3) is 17.0 Å². The van der Waals surface area contributed by atoms with Crippen molar-refractivity contribution in [2.45, 2.75) is 12.8 Å². The van der Waals surface area contributed by atoms with Crippen molar-refractivity contribution in [3.63, 3.8) is 0 Å². The lowest BCUT2D eigenvalue weighted by molar-refractivity contribution is 0.0804. The quantitative estimate of drug-likeness (QED) is 0.507. The van der Waals surface area contributed by atoms with Crippen molar-refractivity contribution in [1.82, 2.24) is 24.4 Å². The highest BCUT2D eigenvalue weighted by Gasteiger charge is 2.36. The van der Waals surface area contributed by atoms with E-state index in [4.69, 9.17) is 4.52 Å². The second-order valence-electron chi connectivity index (χ2n) is 7.73. The Labute approximate surface area is 187 Å². The highest BCUT2D eigenvalue weighted by molar-refractivity contribution is 6.04. The maximum atomic E-state index is 13.6. The van der Waals surface area contributed by atoms with Crippen LogP contribution < -0.4 is 5.32 Å². The van der Waals surface area contributed by atoms with Gasteiger partial charge in [-0.1, -0.05) is 17.3 Å². The number of pyridine rings is 1. The molecule has 11 heteroatoms. The van der Waals surface area contributed by atoms with Gasteiger partial charge in [-0.2, -0.15) is 4.98 Å². The molecule has 4 aromatic rings. The van der Waals surface area contributed by atoms with Gasteiger partial charge in [-0.25, -0.2) is 14.2 Å². The third kappa shape index (κ3) is 3.77. The summed E-state index contributed by atoms with van der Waals surface area (Å²) in [6.45, 7) is 2.75. The van der Waals surface area contributed by atoms with E-state index in [9.17, 15) is 14.0 Å². The second kappa shape index (κ2) is 8.01. The summed E-state index contributed by atoms with van der Waals surface area (Å²) in [5.41, 5.74) is 2.70. The first-order chi connectivity index (χ1) is 15.9. The second-order valence-corrected chi connectivity index (χ2v) is 7.73. The van der Waals surface area contributed by atoms with Crippen LogP contribution in [0, 0.1) is 12.7 Å². The summed E-state index contributed by atoms with van der Waals surface area (Å²) in [6, 6.07) is 8.18. The largest absolute Gasteiger partial charge is 0.453 e. The number of halogens is 1. The van der Waals surface area contributed by atoms with Crippen LogP contribution in [0.1, 0.15) is 27.9 Å². The van der Waals surface area contributed by atoms with Crippen LogP contribution in [0.5, 0.6) is 0 Å². The number of methoxy groups -OCH3 is 1. The molecule has 4 heterocycles. The lowest BCUT2D eigenvalue weighted by Gasteiger charge is -2.35. The van der Waals surface area contributed by atoms with Crippen LogP contribution in [0.4, 0.5) is 14.9 Å². The van der Waals surface area contributed by atoms with Gasteiger partial charge >= 0.3 is 6.09 Å². The number of fused-ring (bicyclic) bond motifs is 1. The molecular formula is C22H19FN6O4. The van der Waals surface area contributed by atoms with Gasteiger partial charge in [0.05, 0.1) is 19.2 Å². The zero-order chi connectivity index (χ0) is 23.1. The first-order valence-corrected chi connectivity index (χ1v) is 10.1. The Hall–Kier alpha value is -4.28. The molecular weight excluding hydrogens is 431 g/mol. The summed E-state index contributed by atoms with van der Waals surface area (Å²) in [7, 11) is 1.34. The van der Waals surface area contributed by atoms with Crippen LogP contribution in [0.15, 0.2) is 47.2 Å². The predicted molar refractivity (Wildman–Crippen MR) is 114 cm³/mol. The Morgan fingerprint density at radius 2 is 2.06 bits per heavy atom. The number of imidazole rings is 1. The van der Waals surface area contributed by atoms with E-state index < -0.39 is 17.8 Å². The number of nitrogens with zero attached hydrogens (tertiary/aromatic N) is 5. The number of ether oxygens (including phenoxy) is 1. The smallest absolute Gasteiger partial charge is 0.409 e. The molecule has 0 unspecified atom stereocenters. The molecule has 1 aliphatic heterocycles. The maximum absolute atomic E-state index is 13.6. The van der Waals surface area contributed by atoms with E-state index in [0.717, 1.165) is 5.56 Å². The average Bonchev–Trinajstić information content (AvgIpc) is 3.41. The van der Waals surface area contributed by atoms with E-state index in [1.54, 1.807) is 11.0 Å². The van der Waals surface area contributed by atoms with Crippen LogP contribution in [0.2, 0.25) is 0 Å². The number of anilines is 1. The highest BCUT2D eigenvalue weighted by Crippen LogP contribution is 2.29. The van der Waals surface area contributed by atoms with Crippen molar-refractivity contribution in [1.29, 1.82) is 0 Å². The van der Waals surface area contributed by atoms with Crippen LogP contribution >= 0.6 is 0 Å². The molecule has 0 aliphatic carbocycles. The number of aromatic nitrogens is 4. The molecule has 168 valence electrons. The third-order valence-corrected chi connectivity index (χ3v) is 5.55. The molecule has 2 amide bonds. The molecule has 33 heavy (non-hydrogen) atoms. The molecule has 0 atom stereocenters. The van der Waals surface area contributed by atoms with Crippen LogP contribution in [-0.2, 0) is 4.74 Å². The highest BCUT2D eigenvalue weighted by atomic mass is 19.1. The number of hydrogen-bond acceptors (Lipinski definition) is 7. The Balaban J connectivity index is 1.35. The van der Waals surface area contributed by atoms with E-state index in [2.05, 4.69) is 25.2 Å². The summed E-state index contributed by atoms with van der Waals surface area (Å²) in [5, 5.41) is 6.89. The first kappa shape index (κ1) is 20.6. The predicted octanol–water partition coefficient (Wildman–Crippen LogP) is 3.25. The van der Waals surface area contributed by atoms with Crippen LogP contribution in [0.3, 0.4) is 0 Å². The number of carbonyl (C=O) groups excluding carboxylic acids is 2. The van der Waals surface area contributed by atoms with Gasteiger partial charge in [0.1, 0.15) is 17.2 Å². The number of carbonyl (C=O) groups is 2. The molecule has 0 bridgehead atoms. The zero-order valence-electron chi connectivity index (χ0n) is 17.8. The molecule has 0 saturated carbocycles. The molecule has 0 radical (unpaired) electrons. The van der Waals surface area contributed by atoms with Crippen molar-refractivity contribution in [2.24, 2.45) is 0 Å². The number of rotatable bonds is 4. The fraction of sp³-hybridized carbons (Fsp3) is 0.227. The Morgan fingerprint density at radius 1 is 1.24 bits per heavy atom. The Morgan fingerprint density at radius 3 is 2.85 bits per heavy atom. The van der Waals surface area contributed by atoms with Crippen molar-refractivity contribution >= 4 is 23.3 Å². The molecule has 1 N–H and O–H groups in total. The molecule has 5 rings (SSSR count). The lowest BCUT2D eigenvalue weighted by atomic mass is 10.0. The van der Waals surface area contributed by atoms with Crippen molar-refractivity contribution in [3.05, 3.63) is 65.7 Å². The topological polar surface area (TPSA) is 115 Å². The van der Waals surface area contributed by atoms with E-state index >= 15 is 0 Å². The molecule has 1 saturated heterocycles. The fourth-order valence-corrected chi connectivity index (χ4v) is 3.64. The summed E-state index contributed by atoms with van der Waals surface area (Å²) in [6.07, 6.45) is 2.22. The number of nitrogens with one attached hydrogen (secondary N) is 1. The standard InChI is InChI=1S/C22H19FN6O4/c1-12-3-4-13(19-26-21(33-27-19)14-9-28(10-14)22(31)32-2)7-16(12)25-20(30)17-8-24-18-6-5-15(23)11-29(17)18/h3-8,11,14H,9-10H2,1-2H3,(H,25,30). The fourth-order valence-electron chi connectivity index (χ4n) is 3.64. The number of aryl methyl sites for hydroxylation is 1. The minimum Gasteiger partial charge on any atom is -0.453 e. The Kier molecular flexibility index (Phi) is 5.00. The third-order valence-electron chi connectivity index (χ3n) is 5.55. The number of likely N-dealkylation sites (tertiary alicyclic amines) is 1. The SMILES string of the molecule is COC(=O)N1CC(c2nc(-c3ccc(C)c(NC(=O)c4cnc5ccc(F)cn45)c3)no2)C1. The lowest BCUT2D eigenvalue weighted by Crippen LogP contribution is -2.48. The van der Waals surface area contributed by atoms with Crippen molar-refractivity contribution < 1.29 is 23.2 Å². The number of hydrogen-bond donors (Lipinski definition) is 1. The monoisotopic (exact) mass is 450 g/mol. The molecule has 3 aromatic heterocycles. The molecule has 10 nitrogen and oxygen atoms in total. The van der Waals surface area contributed by atoms with E-state index in [1.807, 2.05) is 19.1 Å². The zero-order valence-corrected chi connectivity index (χ0v) is 17.8. The van der Waals surface area contributed by atoms with E-state index in [-0.39, 0.29) is 11.6 Å². The van der Waals surface area contributed by atoms with Crippen molar-refractivity contribution in [3.8, 4) is 11.4 Å². The maximum Gasteiger partial charge on any atom is 0.409 e. The summed E-state index contributed by atoms with van der Waals surface area (Å²) < 4.78 is 25.1. The molecule has 1 aromatic carbocycles. The minimum absolute atomic E-state index is 0.0505. The average molecular weight is 450 g/mol.